The molecule has 0 fully saturated rings. The summed E-state index contributed by atoms with van der Waals surface area (Å²) >= 11 is 0. The minimum atomic E-state index is -1.12. The maximum atomic E-state index is 11.6. The van der Waals surface area contributed by atoms with Crippen LogP contribution in [0.15, 0.2) is 58.4 Å². The zero-order chi connectivity index (χ0) is 17.4. The van der Waals surface area contributed by atoms with E-state index < -0.39 is 5.97 Å². The fourth-order valence-corrected chi connectivity index (χ4v) is 3.17. The van der Waals surface area contributed by atoms with Crippen LogP contribution in [0.3, 0.4) is 0 Å². The molecule has 3 aromatic rings. The number of carbonyl (C=O) groups is 1. The largest absolute Gasteiger partial charge is 0.475 e. The maximum Gasteiger partial charge on any atom is 0.372 e. The Morgan fingerprint density at radius 2 is 1.84 bits per heavy atom. The average Bonchev–Trinajstić information content (AvgIpc) is 3.26. The van der Waals surface area contributed by atoms with Gasteiger partial charge in [-0.15, -0.1) is 0 Å². The summed E-state index contributed by atoms with van der Waals surface area (Å²) in [7, 11) is 0. The average molecular weight is 334 g/mol. The van der Waals surface area contributed by atoms with Gasteiger partial charge in [0.05, 0.1) is 5.71 Å². The Morgan fingerprint density at radius 3 is 2.56 bits per heavy atom. The highest BCUT2D eigenvalue weighted by Gasteiger charge is 2.22. The highest BCUT2D eigenvalue weighted by molar-refractivity contribution is 6.04. The molecule has 1 aromatic carbocycles. The molecule has 0 bridgehead atoms. The zero-order valence-electron chi connectivity index (χ0n) is 13.1. The van der Waals surface area contributed by atoms with Gasteiger partial charge >= 0.3 is 5.97 Å². The molecular weight excluding hydrogens is 320 g/mol. The Morgan fingerprint density at radius 1 is 1.04 bits per heavy atom. The smallest absolute Gasteiger partial charge is 0.372 e. The van der Waals surface area contributed by atoms with Gasteiger partial charge in [-0.2, -0.15) is 0 Å². The molecule has 6 nitrogen and oxygen atoms in total. The molecule has 1 aliphatic carbocycles. The van der Waals surface area contributed by atoms with Crippen molar-refractivity contribution < 1.29 is 19.5 Å². The Kier molecular flexibility index (Phi) is 3.57. The minimum absolute atomic E-state index is 0.0979. The molecule has 2 N–H and O–H groups in total. The number of fused-ring (bicyclic) bond motifs is 1. The number of furan rings is 1. The molecule has 6 heteroatoms. The van der Waals surface area contributed by atoms with Crippen LogP contribution in [0.25, 0.3) is 22.5 Å². The number of benzene rings is 1. The summed E-state index contributed by atoms with van der Waals surface area (Å²) < 4.78 is 5.63. The lowest BCUT2D eigenvalue weighted by Crippen LogP contribution is -1.95. The van der Waals surface area contributed by atoms with E-state index in [1.807, 2.05) is 18.2 Å². The monoisotopic (exact) mass is 334 g/mol. The van der Waals surface area contributed by atoms with Gasteiger partial charge in [-0.1, -0.05) is 17.3 Å². The van der Waals surface area contributed by atoms with Crippen LogP contribution in [0.4, 0.5) is 0 Å². The van der Waals surface area contributed by atoms with E-state index in [2.05, 4.69) is 10.1 Å². The van der Waals surface area contributed by atoms with E-state index in [-0.39, 0.29) is 5.76 Å². The Balaban J connectivity index is 1.81. The van der Waals surface area contributed by atoms with E-state index in [1.54, 1.807) is 30.6 Å². The standard InChI is InChI=1S/C19H14N2O4/c22-19(23)18-15(11-5-7-20-8-6-11)10-17(25-18)13-1-3-14-12(9-13)2-4-16(14)21-24/h1,3,5-10,24H,2,4H2,(H,22,23). The molecule has 0 aliphatic heterocycles. The first-order valence-electron chi connectivity index (χ1n) is 7.79. The summed E-state index contributed by atoms with van der Waals surface area (Å²) in [5, 5.41) is 21.8. The molecule has 0 radical (unpaired) electrons. The first kappa shape index (κ1) is 15.1. The Bertz CT molecular complexity index is 990. The first-order chi connectivity index (χ1) is 12.2. The first-order valence-corrected chi connectivity index (χ1v) is 7.79. The zero-order valence-corrected chi connectivity index (χ0v) is 13.1. The second kappa shape index (κ2) is 5.90. The SMILES string of the molecule is O=C(O)c1oc(-c2ccc3c(c2)CCC3=NO)cc1-c1ccncc1. The van der Waals surface area contributed by atoms with Gasteiger partial charge in [-0.25, -0.2) is 4.79 Å². The van der Waals surface area contributed by atoms with E-state index in [0.717, 1.165) is 28.7 Å². The molecule has 0 unspecified atom stereocenters. The number of nitrogens with zero attached hydrogens (tertiary/aromatic N) is 2. The summed E-state index contributed by atoms with van der Waals surface area (Å²) in [6, 6.07) is 10.9. The van der Waals surface area contributed by atoms with Crippen LogP contribution in [0, 0.1) is 0 Å². The highest BCUT2D eigenvalue weighted by atomic mass is 16.4. The van der Waals surface area contributed by atoms with E-state index in [4.69, 9.17) is 9.62 Å². The van der Waals surface area contributed by atoms with Crippen molar-refractivity contribution in [2.24, 2.45) is 5.16 Å². The summed E-state index contributed by atoms with van der Waals surface area (Å²) in [6.45, 7) is 0. The fourth-order valence-electron chi connectivity index (χ4n) is 3.17. The van der Waals surface area contributed by atoms with Crippen molar-refractivity contribution >= 4 is 11.7 Å². The fraction of sp³-hybridized carbons (Fsp3) is 0.105. The molecule has 0 amide bonds. The summed E-state index contributed by atoms with van der Waals surface area (Å²) in [5.74, 6) is -0.727. The van der Waals surface area contributed by atoms with Crippen molar-refractivity contribution in [3.63, 3.8) is 0 Å². The number of aromatic carboxylic acids is 1. The number of pyridine rings is 1. The van der Waals surface area contributed by atoms with Crippen LogP contribution in [0.5, 0.6) is 0 Å². The summed E-state index contributed by atoms with van der Waals surface area (Å²) in [4.78, 5) is 15.5. The van der Waals surface area contributed by atoms with E-state index in [0.29, 0.717) is 23.5 Å². The second-order valence-electron chi connectivity index (χ2n) is 5.81. The Hall–Kier alpha value is -3.41. The van der Waals surface area contributed by atoms with Crippen molar-refractivity contribution in [3.8, 4) is 22.5 Å². The third-order valence-electron chi connectivity index (χ3n) is 4.37. The van der Waals surface area contributed by atoms with Crippen LogP contribution in [-0.2, 0) is 6.42 Å². The van der Waals surface area contributed by atoms with Crippen LogP contribution < -0.4 is 0 Å². The predicted molar refractivity (Wildman–Crippen MR) is 91.0 cm³/mol. The van der Waals surface area contributed by atoms with Gasteiger partial charge in [0.1, 0.15) is 5.76 Å². The lowest BCUT2D eigenvalue weighted by Gasteiger charge is -2.02. The quantitative estimate of drug-likeness (QED) is 0.560. The van der Waals surface area contributed by atoms with E-state index >= 15 is 0 Å². The molecule has 25 heavy (non-hydrogen) atoms. The number of aromatic nitrogens is 1. The summed E-state index contributed by atoms with van der Waals surface area (Å²) in [6.07, 6.45) is 4.69. The van der Waals surface area contributed by atoms with Gasteiger partial charge < -0.3 is 14.7 Å². The number of oxime groups is 1. The number of carboxylic acids is 1. The molecule has 1 aliphatic rings. The van der Waals surface area contributed by atoms with E-state index in [9.17, 15) is 9.90 Å². The topological polar surface area (TPSA) is 95.9 Å². The second-order valence-corrected chi connectivity index (χ2v) is 5.81. The van der Waals surface area contributed by atoms with Gasteiger partial charge in [0.2, 0.25) is 5.76 Å². The van der Waals surface area contributed by atoms with Crippen molar-refractivity contribution in [1.29, 1.82) is 0 Å². The molecular formula is C19H14N2O4. The number of aryl methyl sites for hydroxylation is 1. The molecule has 2 heterocycles. The third-order valence-corrected chi connectivity index (χ3v) is 4.37. The lowest BCUT2D eigenvalue weighted by atomic mass is 10.0. The highest BCUT2D eigenvalue weighted by Crippen LogP contribution is 2.34. The minimum Gasteiger partial charge on any atom is -0.475 e. The molecule has 2 aromatic heterocycles. The Labute approximate surface area is 143 Å². The van der Waals surface area contributed by atoms with Crippen molar-refractivity contribution in [2.45, 2.75) is 12.8 Å². The lowest BCUT2D eigenvalue weighted by molar-refractivity contribution is 0.0664. The van der Waals surface area contributed by atoms with Gasteiger partial charge in [-0.3, -0.25) is 4.98 Å². The van der Waals surface area contributed by atoms with Crippen molar-refractivity contribution in [2.75, 3.05) is 0 Å². The van der Waals surface area contributed by atoms with Gasteiger partial charge in [0.15, 0.2) is 0 Å². The van der Waals surface area contributed by atoms with Crippen LogP contribution >= 0.6 is 0 Å². The third kappa shape index (κ3) is 2.57. The molecule has 124 valence electrons. The molecule has 0 atom stereocenters. The maximum absolute atomic E-state index is 11.6. The molecule has 0 saturated carbocycles. The number of hydrogen-bond acceptors (Lipinski definition) is 5. The van der Waals surface area contributed by atoms with Crippen LogP contribution in [-0.4, -0.2) is 27.0 Å². The van der Waals surface area contributed by atoms with Crippen LogP contribution in [0.1, 0.15) is 28.1 Å². The van der Waals surface area contributed by atoms with Gasteiger partial charge in [0.25, 0.3) is 0 Å². The van der Waals surface area contributed by atoms with Crippen LogP contribution in [0.2, 0.25) is 0 Å². The normalized spacial score (nSPS) is 14.6. The number of rotatable bonds is 3. The van der Waals surface area contributed by atoms with Gasteiger partial charge in [-0.05, 0) is 48.2 Å². The van der Waals surface area contributed by atoms with E-state index in [1.165, 1.54) is 0 Å². The van der Waals surface area contributed by atoms with Crippen molar-refractivity contribution in [1.82, 2.24) is 4.98 Å². The van der Waals surface area contributed by atoms with Crippen molar-refractivity contribution in [3.05, 3.63) is 65.7 Å². The number of carboxylic acid groups (broad SMARTS) is 1. The van der Waals surface area contributed by atoms with Gasteiger partial charge in [0, 0.05) is 29.1 Å². The molecule has 0 saturated heterocycles. The molecule has 4 rings (SSSR count). The molecule has 0 spiro atoms. The number of hydrogen-bond donors (Lipinski definition) is 2. The summed E-state index contributed by atoms with van der Waals surface area (Å²) in [5.41, 5.74) is 4.70. The predicted octanol–water partition coefficient (Wildman–Crippen LogP) is 3.83.